The fourth-order valence-electron chi connectivity index (χ4n) is 3.86. The number of hydrogen-bond donors (Lipinski definition) is 1. The number of hydrogen-bond acceptors (Lipinski definition) is 5. The fourth-order valence-corrected chi connectivity index (χ4v) is 3.86. The van der Waals surface area contributed by atoms with Crippen molar-refractivity contribution in [1.29, 1.82) is 0 Å². The first-order valence-electron chi connectivity index (χ1n) is 12.0. The van der Waals surface area contributed by atoms with Crippen molar-refractivity contribution in [2.75, 3.05) is 52.8 Å². The van der Waals surface area contributed by atoms with Crippen molar-refractivity contribution in [3.63, 3.8) is 0 Å². The van der Waals surface area contributed by atoms with Gasteiger partial charge in [-0.2, -0.15) is 0 Å². The topological polar surface area (TPSA) is 66.0 Å². The zero-order chi connectivity index (χ0) is 23.3. The van der Waals surface area contributed by atoms with Crippen LogP contribution in [0.1, 0.15) is 43.7 Å². The molecule has 180 valence electrons. The highest BCUT2D eigenvalue weighted by Gasteiger charge is 2.28. The Hall–Kier alpha value is -2.41. The van der Waals surface area contributed by atoms with Crippen LogP contribution in [0.25, 0.3) is 11.1 Å². The molecule has 0 radical (unpaired) electrons. The summed E-state index contributed by atoms with van der Waals surface area (Å²) in [5, 5.41) is 2.80. The predicted molar refractivity (Wildman–Crippen MR) is 130 cm³/mol. The Labute approximate surface area is 197 Å². The molecule has 2 aromatic rings. The summed E-state index contributed by atoms with van der Waals surface area (Å²) in [7, 11) is 0. The van der Waals surface area contributed by atoms with E-state index in [0.29, 0.717) is 52.1 Å². The lowest BCUT2D eigenvalue weighted by Crippen LogP contribution is -2.27. The summed E-state index contributed by atoms with van der Waals surface area (Å²) in [6.07, 6.45) is 1.46. The van der Waals surface area contributed by atoms with E-state index < -0.39 is 6.09 Å². The molecule has 1 N–H and O–H groups in total. The zero-order valence-corrected chi connectivity index (χ0v) is 19.9. The average molecular weight is 456 g/mol. The SMILES string of the molecule is CCC(C)COCCOCCOCCCNC(=O)OCC1c2ccccc2-c2ccccc21. The minimum atomic E-state index is -0.391. The van der Waals surface area contributed by atoms with Gasteiger partial charge in [-0.3, -0.25) is 0 Å². The smallest absolute Gasteiger partial charge is 0.407 e. The summed E-state index contributed by atoms with van der Waals surface area (Å²) in [4.78, 5) is 12.1. The monoisotopic (exact) mass is 455 g/mol. The molecule has 3 rings (SSSR count). The third-order valence-electron chi connectivity index (χ3n) is 5.92. The van der Waals surface area contributed by atoms with Crippen LogP contribution in [0.4, 0.5) is 4.79 Å². The highest BCUT2D eigenvalue weighted by molar-refractivity contribution is 5.79. The molecule has 0 bridgehead atoms. The summed E-state index contributed by atoms with van der Waals surface area (Å²) in [6.45, 7) is 8.83. The second kappa shape index (κ2) is 14.0. The summed E-state index contributed by atoms with van der Waals surface area (Å²) in [5.41, 5.74) is 4.87. The van der Waals surface area contributed by atoms with Crippen molar-refractivity contribution < 1.29 is 23.7 Å². The molecule has 0 heterocycles. The Morgan fingerprint density at radius 3 is 2.09 bits per heavy atom. The number of carbonyl (C=O) groups excluding carboxylic acids is 1. The molecule has 33 heavy (non-hydrogen) atoms. The van der Waals surface area contributed by atoms with Gasteiger partial charge >= 0.3 is 6.09 Å². The fraction of sp³-hybridized carbons (Fsp3) is 0.519. The van der Waals surface area contributed by atoms with Gasteiger partial charge in [0, 0.05) is 25.7 Å². The number of benzene rings is 2. The first kappa shape index (κ1) is 25.2. The lowest BCUT2D eigenvalue weighted by atomic mass is 9.98. The molecule has 0 aromatic heterocycles. The number of alkyl carbamates (subject to hydrolysis) is 1. The lowest BCUT2D eigenvalue weighted by molar-refractivity contribution is 0.00797. The molecule has 6 nitrogen and oxygen atoms in total. The van der Waals surface area contributed by atoms with Crippen LogP contribution in [0.5, 0.6) is 0 Å². The molecule has 0 saturated heterocycles. The van der Waals surface area contributed by atoms with E-state index in [1.807, 2.05) is 24.3 Å². The third kappa shape index (κ3) is 7.84. The van der Waals surface area contributed by atoms with E-state index in [9.17, 15) is 4.79 Å². The third-order valence-corrected chi connectivity index (χ3v) is 5.92. The lowest BCUT2D eigenvalue weighted by Gasteiger charge is -2.14. The minimum Gasteiger partial charge on any atom is -0.449 e. The van der Waals surface area contributed by atoms with Crippen molar-refractivity contribution in [1.82, 2.24) is 5.32 Å². The molecule has 0 aliphatic heterocycles. The van der Waals surface area contributed by atoms with E-state index in [0.717, 1.165) is 19.4 Å². The number of nitrogens with one attached hydrogen (secondary N) is 1. The van der Waals surface area contributed by atoms with Crippen molar-refractivity contribution in [2.24, 2.45) is 5.92 Å². The maximum atomic E-state index is 12.1. The van der Waals surface area contributed by atoms with Gasteiger partial charge in [0.2, 0.25) is 0 Å². The maximum absolute atomic E-state index is 12.1. The predicted octanol–water partition coefficient (Wildman–Crippen LogP) is 5.01. The number of fused-ring (bicyclic) bond motifs is 3. The Balaban J connectivity index is 1.22. The number of carbonyl (C=O) groups is 1. The molecule has 0 saturated carbocycles. The highest BCUT2D eigenvalue weighted by Crippen LogP contribution is 2.44. The second-order valence-electron chi connectivity index (χ2n) is 8.42. The van der Waals surface area contributed by atoms with Gasteiger partial charge in [-0.25, -0.2) is 4.79 Å². The molecule has 1 aliphatic carbocycles. The van der Waals surface area contributed by atoms with Crippen LogP contribution in [0, 0.1) is 5.92 Å². The first-order chi connectivity index (χ1) is 16.2. The number of amides is 1. The number of ether oxygens (including phenoxy) is 4. The van der Waals surface area contributed by atoms with Gasteiger partial charge in [-0.1, -0.05) is 68.8 Å². The van der Waals surface area contributed by atoms with Gasteiger partial charge < -0.3 is 24.3 Å². The Morgan fingerprint density at radius 1 is 0.879 bits per heavy atom. The van der Waals surface area contributed by atoms with Gasteiger partial charge in [-0.05, 0) is 34.6 Å². The van der Waals surface area contributed by atoms with Crippen LogP contribution >= 0.6 is 0 Å². The van der Waals surface area contributed by atoms with Crippen molar-refractivity contribution in [3.8, 4) is 11.1 Å². The average Bonchev–Trinajstić information content (AvgIpc) is 3.17. The van der Waals surface area contributed by atoms with Crippen LogP contribution in [0.2, 0.25) is 0 Å². The summed E-state index contributed by atoms with van der Waals surface area (Å²) in [6, 6.07) is 16.6. The number of rotatable bonds is 15. The van der Waals surface area contributed by atoms with E-state index in [1.165, 1.54) is 22.3 Å². The standard InChI is InChI=1S/C27H37NO5/c1-3-21(2)19-32-18-17-31-16-15-30-14-8-13-28-27(29)33-20-26-24-11-6-4-9-22(24)23-10-5-7-12-25(23)26/h4-7,9-12,21,26H,3,8,13-20H2,1-2H3,(H,28,29). The normalized spacial score (nSPS) is 13.4. The molecule has 2 aromatic carbocycles. The van der Waals surface area contributed by atoms with Crippen LogP contribution in [0.3, 0.4) is 0 Å². The van der Waals surface area contributed by atoms with Crippen LogP contribution in [-0.4, -0.2) is 58.9 Å². The molecular formula is C27H37NO5. The van der Waals surface area contributed by atoms with E-state index in [1.54, 1.807) is 0 Å². The molecular weight excluding hydrogens is 418 g/mol. The summed E-state index contributed by atoms with van der Waals surface area (Å²) < 4.78 is 22.1. The van der Waals surface area contributed by atoms with Crippen molar-refractivity contribution >= 4 is 6.09 Å². The van der Waals surface area contributed by atoms with Crippen molar-refractivity contribution in [3.05, 3.63) is 59.7 Å². The minimum absolute atomic E-state index is 0.0759. The van der Waals surface area contributed by atoms with Gasteiger partial charge in [0.15, 0.2) is 0 Å². The quantitative estimate of drug-likeness (QED) is 0.382. The van der Waals surface area contributed by atoms with E-state index in [-0.39, 0.29) is 5.92 Å². The highest BCUT2D eigenvalue weighted by atomic mass is 16.6. The molecule has 1 unspecified atom stereocenters. The van der Waals surface area contributed by atoms with E-state index in [2.05, 4.69) is 43.4 Å². The summed E-state index contributed by atoms with van der Waals surface area (Å²) >= 11 is 0. The van der Waals surface area contributed by atoms with Crippen molar-refractivity contribution in [2.45, 2.75) is 32.6 Å². The van der Waals surface area contributed by atoms with Gasteiger partial charge in [0.1, 0.15) is 6.61 Å². The van der Waals surface area contributed by atoms with Gasteiger partial charge in [-0.15, -0.1) is 0 Å². The maximum Gasteiger partial charge on any atom is 0.407 e. The molecule has 1 atom stereocenters. The molecule has 0 fully saturated rings. The van der Waals surface area contributed by atoms with Gasteiger partial charge in [0.25, 0.3) is 0 Å². The molecule has 1 amide bonds. The molecule has 6 heteroatoms. The van der Waals surface area contributed by atoms with Crippen LogP contribution < -0.4 is 5.32 Å². The molecule has 0 spiro atoms. The van der Waals surface area contributed by atoms with Gasteiger partial charge in [0.05, 0.1) is 26.4 Å². The largest absolute Gasteiger partial charge is 0.449 e. The first-order valence-corrected chi connectivity index (χ1v) is 12.0. The Bertz CT molecular complexity index is 810. The zero-order valence-electron chi connectivity index (χ0n) is 19.9. The van der Waals surface area contributed by atoms with E-state index >= 15 is 0 Å². The molecule has 1 aliphatic rings. The Morgan fingerprint density at radius 2 is 1.45 bits per heavy atom. The second-order valence-corrected chi connectivity index (χ2v) is 8.42. The van der Waals surface area contributed by atoms with Crippen LogP contribution in [-0.2, 0) is 18.9 Å². The van der Waals surface area contributed by atoms with Crippen LogP contribution in [0.15, 0.2) is 48.5 Å². The Kier molecular flexibility index (Phi) is 10.7. The van der Waals surface area contributed by atoms with E-state index in [4.69, 9.17) is 18.9 Å². The summed E-state index contributed by atoms with van der Waals surface area (Å²) in [5.74, 6) is 0.669.